The highest BCUT2D eigenvalue weighted by Crippen LogP contribution is 2.71. The largest absolute Gasteiger partial charge is 0.285 e. The molecule has 126 valence electrons. The second-order valence-corrected chi connectivity index (χ2v) is 8.10. The average Bonchev–Trinajstić information content (AvgIpc) is 3.01. The minimum atomic E-state index is -1.23. The van der Waals surface area contributed by atoms with E-state index in [1.807, 2.05) is 11.6 Å². The molecule has 0 amide bonds. The summed E-state index contributed by atoms with van der Waals surface area (Å²) in [7, 11) is 0. The first kappa shape index (κ1) is 15.2. The van der Waals surface area contributed by atoms with Gasteiger partial charge < -0.3 is 0 Å². The fourth-order valence-electron chi connectivity index (χ4n) is 5.20. The van der Waals surface area contributed by atoms with E-state index in [0.29, 0.717) is 13.0 Å². The lowest BCUT2D eigenvalue weighted by Crippen LogP contribution is -2.51. The molecule has 0 aliphatic heterocycles. The Morgan fingerprint density at radius 3 is 2.57 bits per heavy atom. The van der Waals surface area contributed by atoms with E-state index < -0.39 is 18.0 Å². The zero-order valence-electron chi connectivity index (χ0n) is 14.2. The number of allylic oxidation sites excluding steroid dienone is 2. The van der Waals surface area contributed by atoms with Crippen molar-refractivity contribution in [3.8, 4) is 0 Å². The van der Waals surface area contributed by atoms with Crippen molar-refractivity contribution in [2.24, 2.45) is 5.41 Å². The van der Waals surface area contributed by atoms with Gasteiger partial charge >= 0.3 is 0 Å². The van der Waals surface area contributed by atoms with Crippen molar-refractivity contribution in [3.63, 3.8) is 0 Å². The Morgan fingerprint density at radius 1 is 1.30 bits per heavy atom. The highest BCUT2D eigenvalue weighted by molar-refractivity contribution is 5.49. The molecule has 3 nitrogen and oxygen atoms in total. The van der Waals surface area contributed by atoms with Crippen molar-refractivity contribution in [2.75, 3.05) is 0 Å². The van der Waals surface area contributed by atoms with Crippen molar-refractivity contribution in [1.29, 1.82) is 0 Å². The summed E-state index contributed by atoms with van der Waals surface area (Å²) in [5.41, 5.74) is 1.97. The predicted octanol–water partition coefficient (Wildman–Crippen LogP) is 3.98. The molecule has 1 aromatic heterocycles. The Balaban J connectivity index is 1.91. The Hall–Kier alpha value is -1.39. The van der Waals surface area contributed by atoms with E-state index in [2.05, 4.69) is 20.8 Å². The van der Waals surface area contributed by atoms with Gasteiger partial charge in [-0.2, -0.15) is 0 Å². The Bertz CT molecular complexity index is 773. The van der Waals surface area contributed by atoms with Crippen molar-refractivity contribution in [1.82, 2.24) is 9.36 Å². The molecule has 1 aromatic rings. The van der Waals surface area contributed by atoms with Crippen LogP contribution in [-0.4, -0.2) is 15.5 Å². The van der Waals surface area contributed by atoms with Gasteiger partial charge in [0, 0.05) is 17.5 Å². The maximum absolute atomic E-state index is 14.3. The zero-order chi connectivity index (χ0) is 16.7. The van der Waals surface area contributed by atoms with Crippen molar-refractivity contribution in [3.05, 3.63) is 33.5 Å². The molecule has 1 saturated carbocycles. The van der Waals surface area contributed by atoms with Gasteiger partial charge in [-0.05, 0) is 43.6 Å². The molecule has 3 unspecified atom stereocenters. The van der Waals surface area contributed by atoms with Crippen LogP contribution in [0.3, 0.4) is 0 Å². The number of nitrogens with zero attached hydrogens (tertiary/aromatic N) is 2. The van der Waals surface area contributed by atoms with Gasteiger partial charge in [0.2, 0.25) is 0 Å². The van der Waals surface area contributed by atoms with E-state index >= 15 is 0 Å². The minimum absolute atomic E-state index is 0.0229. The number of rotatable bonds is 2. The van der Waals surface area contributed by atoms with Crippen molar-refractivity contribution >= 4 is 0 Å². The van der Waals surface area contributed by atoms with Gasteiger partial charge in [-0.15, -0.1) is 0 Å². The fourth-order valence-corrected chi connectivity index (χ4v) is 5.20. The molecule has 5 heteroatoms. The summed E-state index contributed by atoms with van der Waals surface area (Å²) in [6.45, 7) is 9.28. The first-order valence-electron chi connectivity index (χ1n) is 8.61. The van der Waals surface area contributed by atoms with Crippen LogP contribution >= 0.6 is 0 Å². The zero-order valence-corrected chi connectivity index (χ0v) is 14.2. The van der Waals surface area contributed by atoms with E-state index in [9.17, 15) is 13.6 Å². The van der Waals surface area contributed by atoms with Crippen LogP contribution in [0.2, 0.25) is 0 Å². The van der Waals surface area contributed by atoms with Crippen LogP contribution in [0.15, 0.2) is 16.7 Å². The Labute approximate surface area is 135 Å². The van der Waals surface area contributed by atoms with E-state index in [1.165, 1.54) is 0 Å². The molecular weight excluding hydrogens is 298 g/mol. The Kier molecular flexibility index (Phi) is 2.88. The molecule has 4 aliphatic rings. The molecule has 0 radical (unpaired) electrons. The molecule has 1 fully saturated rings. The number of alkyl halides is 1. The fraction of sp³-hybridized carbons (Fsp3) is 0.722. The van der Waals surface area contributed by atoms with Gasteiger partial charge in [-0.1, -0.05) is 20.8 Å². The monoisotopic (exact) mass is 322 g/mol. The smallest absolute Gasteiger partial charge is 0.271 e. The first-order valence-corrected chi connectivity index (χ1v) is 8.61. The average molecular weight is 322 g/mol. The third kappa shape index (κ3) is 1.56. The van der Waals surface area contributed by atoms with Crippen LogP contribution in [0, 0.1) is 5.41 Å². The molecule has 0 saturated heterocycles. The number of halogens is 2. The SMILES string of the molecule is CCn1c2c(c(=O)n1C1CCC(F)C=C1F)C1C[C@@]2(C)C1(C)C. The van der Waals surface area contributed by atoms with E-state index in [-0.39, 0.29) is 28.7 Å². The van der Waals surface area contributed by atoms with Crippen LogP contribution < -0.4 is 5.56 Å². The lowest BCUT2D eigenvalue weighted by Gasteiger charge is -2.53. The molecule has 0 N–H and O–H groups in total. The second-order valence-electron chi connectivity index (χ2n) is 8.10. The molecule has 2 bridgehead atoms. The number of hydrogen-bond donors (Lipinski definition) is 0. The van der Waals surface area contributed by atoms with Crippen LogP contribution in [-0.2, 0) is 12.0 Å². The lowest BCUT2D eigenvalue weighted by molar-refractivity contribution is 0.0286. The van der Waals surface area contributed by atoms with Crippen LogP contribution in [0.5, 0.6) is 0 Å². The highest BCUT2D eigenvalue weighted by Gasteiger charge is 2.68. The quantitative estimate of drug-likeness (QED) is 0.809. The van der Waals surface area contributed by atoms with E-state index in [1.54, 1.807) is 4.68 Å². The third-order valence-electron chi connectivity index (χ3n) is 6.96. The van der Waals surface area contributed by atoms with Gasteiger partial charge in [0.1, 0.15) is 18.0 Å². The van der Waals surface area contributed by atoms with Crippen molar-refractivity contribution in [2.45, 2.75) is 77.0 Å². The molecule has 5 rings (SSSR count). The summed E-state index contributed by atoms with van der Waals surface area (Å²) in [6, 6.07) is -0.647. The van der Waals surface area contributed by atoms with Crippen LogP contribution in [0.25, 0.3) is 0 Å². The second kappa shape index (κ2) is 4.37. The maximum Gasteiger partial charge on any atom is 0.271 e. The van der Waals surface area contributed by atoms with Gasteiger partial charge in [0.15, 0.2) is 0 Å². The molecule has 4 atom stereocenters. The summed E-state index contributed by atoms with van der Waals surface area (Å²) in [5, 5.41) is 0. The molecular formula is C18H24F2N2O. The normalized spacial score (nSPS) is 37.3. The van der Waals surface area contributed by atoms with E-state index in [4.69, 9.17) is 0 Å². The van der Waals surface area contributed by atoms with Crippen LogP contribution in [0.1, 0.15) is 70.2 Å². The summed E-state index contributed by atoms with van der Waals surface area (Å²) in [5.74, 6) is -0.242. The minimum Gasteiger partial charge on any atom is -0.285 e. The third-order valence-corrected chi connectivity index (χ3v) is 6.96. The molecule has 1 heterocycles. The first-order chi connectivity index (χ1) is 10.7. The standard InChI is InChI=1S/C18H24F2N2O/c1-5-21-15-14(11-9-18(15,4)17(11,2)3)16(23)22(21)13-7-6-10(19)8-12(13)20/h8,10-11,13H,5-7,9H2,1-4H3/t10?,11?,13?,18-/m1/s1. The Morgan fingerprint density at radius 2 is 2.00 bits per heavy atom. The number of hydrogen-bond acceptors (Lipinski definition) is 1. The predicted molar refractivity (Wildman–Crippen MR) is 85.2 cm³/mol. The lowest BCUT2D eigenvalue weighted by atomic mass is 9.50. The van der Waals surface area contributed by atoms with Gasteiger partial charge in [-0.3, -0.25) is 9.48 Å². The molecule has 0 aromatic carbocycles. The molecule has 0 spiro atoms. The molecule has 4 aliphatic carbocycles. The van der Waals surface area contributed by atoms with E-state index in [0.717, 1.165) is 23.8 Å². The highest BCUT2D eigenvalue weighted by atomic mass is 19.1. The number of aromatic nitrogens is 2. The van der Waals surface area contributed by atoms with Gasteiger partial charge in [0.05, 0.1) is 5.69 Å². The summed E-state index contributed by atoms with van der Waals surface area (Å²) < 4.78 is 31.3. The van der Waals surface area contributed by atoms with Crippen LogP contribution in [0.4, 0.5) is 8.78 Å². The summed E-state index contributed by atoms with van der Waals surface area (Å²) in [4.78, 5) is 13.1. The van der Waals surface area contributed by atoms with Gasteiger partial charge in [0.25, 0.3) is 5.56 Å². The maximum atomic E-state index is 14.3. The summed E-state index contributed by atoms with van der Waals surface area (Å²) >= 11 is 0. The van der Waals surface area contributed by atoms with Crippen molar-refractivity contribution < 1.29 is 8.78 Å². The topological polar surface area (TPSA) is 26.9 Å². The summed E-state index contributed by atoms with van der Waals surface area (Å²) in [6.07, 6.45) is 1.43. The molecule has 23 heavy (non-hydrogen) atoms. The van der Waals surface area contributed by atoms with Gasteiger partial charge in [-0.25, -0.2) is 13.5 Å².